The van der Waals surface area contributed by atoms with Crippen LogP contribution in [0.15, 0.2) is 36.4 Å². The maximum atomic E-state index is 10.9. The van der Waals surface area contributed by atoms with Gasteiger partial charge in [0.25, 0.3) is 0 Å². The average Bonchev–Trinajstić information content (AvgIpc) is 3.26. The number of hydrogen-bond acceptors (Lipinski definition) is 8. The van der Waals surface area contributed by atoms with Crippen molar-refractivity contribution >= 4 is 23.1 Å². The number of fused-ring (bicyclic) bond motifs is 1. The smallest absolute Gasteiger partial charge is 0.490 e. The molecule has 2 aliphatic rings. The predicted molar refractivity (Wildman–Crippen MR) is 87.4 cm³/mol. The summed E-state index contributed by atoms with van der Waals surface area (Å²) in [5.41, 5.74) is 0. The van der Waals surface area contributed by atoms with E-state index in [1.807, 2.05) is 36.4 Å². The summed E-state index contributed by atoms with van der Waals surface area (Å²) < 4.78 is 30.8. The quantitative estimate of drug-likeness (QED) is 0.727. The molecule has 0 spiro atoms. The predicted octanol–water partition coefficient (Wildman–Crippen LogP) is 2.67. The van der Waals surface area contributed by atoms with Crippen molar-refractivity contribution < 1.29 is 38.0 Å². The Morgan fingerprint density at radius 1 is 0.885 bits per heavy atom. The molecule has 0 bridgehead atoms. The summed E-state index contributed by atoms with van der Waals surface area (Å²) >= 11 is 0. The van der Waals surface area contributed by atoms with Gasteiger partial charge in [0.1, 0.15) is 37.9 Å². The van der Waals surface area contributed by atoms with Crippen molar-refractivity contribution in [2.75, 3.05) is 26.4 Å². The summed E-state index contributed by atoms with van der Waals surface area (Å²) in [6.45, 7) is 0.827. The van der Waals surface area contributed by atoms with Crippen LogP contribution in [0.25, 0.3) is 10.8 Å². The second-order valence-electron chi connectivity index (χ2n) is 5.86. The molecule has 2 heterocycles. The summed E-state index contributed by atoms with van der Waals surface area (Å²) in [4.78, 5) is 21.8. The average molecular weight is 360 g/mol. The first-order valence-corrected chi connectivity index (χ1v) is 8.12. The molecule has 8 heteroatoms. The molecule has 2 aromatic rings. The Labute approximate surface area is 148 Å². The highest BCUT2D eigenvalue weighted by Gasteiger charge is 2.26. The van der Waals surface area contributed by atoms with Gasteiger partial charge in [-0.1, -0.05) is 12.1 Å². The Morgan fingerprint density at radius 2 is 1.58 bits per heavy atom. The van der Waals surface area contributed by atoms with Gasteiger partial charge in [-0.15, -0.1) is 0 Å². The van der Waals surface area contributed by atoms with E-state index >= 15 is 0 Å². The molecular weight excluding hydrogens is 344 g/mol. The Kier molecular flexibility index (Phi) is 4.39. The van der Waals surface area contributed by atoms with Crippen molar-refractivity contribution in [3.63, 3.8) is 0 Å². The lowest BCUT2D eigenvalue weighted by atomic mass is 10.1. The fourth-order valence-corrected chi connectivity index (χ4v) is 2.71. The van der Waals surface area contributed by atoms with Gasteiger partial charge in [0, 0.05) is 5.39 Å². The minimum atomic E-state index is -0.670. The van der Waals surface area contributed by atoms with Gasteiger partial charge in [-0.05, 0) is 29.7 Å². The lowest BCUT2D eigenvalue weighted by Gasteiger charge is -2.13. The number of benzene rings is 2. The first-order valence-electron chi connectivity index (χ1n) is 8.12. The molecule has 0 N–H and O–H groups in total. The molecule has 8 nitrogen and oxygen atoms in total. The maximum absolute atomic E-state index is 10.9. The van der Waals surface area contributed by atoms with Crippen molar-refractivity contribution in [1.29, 1.82) is 0 Å². The van der Waals surface area contributed by atoms with E-state index in [1.165, 1.54) is 0 Å². The third-order valence-electron chi connectivity index (χ3n) is 3.97. The van der Waals surface area contributed by atoms with Gasteiger partial charge in [0.15, 0.2) is 12.2 Å². The van der Waals surface area contributed by atoms with Crippen molar-refractivity contribution in [3.8, 4) is 11.5 Å². The van der Waals surface area contributed by atoms with E-state index in [1.54, 1.807) is 0 Å². The third kappa shape index (κ3) is 3.58. The summed E-state index contributed by atoms with van der Waals surface area (Å²) in [6, 6.07) is 11.2. The van der Waals surface area contributed by atoms with Crippen LogP contribution in [0.1, 0.15) is 0 Å². The number of rotatable bonds is 6. The number of hydrogen-bond donors (Lipinski definition) is 0. The van der Waals surface area contributed by atoms with Crippen LogP contribution in [0.2, 0.25) is 0 Å². The minimum Gasteiger partial charge on any atom is -0.490 e. The van der Waals surface area contributed by atoms with Crippen molar-refractivity contribution in [2.24, 2.45) is 0 Å². The first kappa shape index (κ1) is 16.3. The molecular formula is C18H16O8. The highest BCUT2D eigenvalue weighted by molar-refractivity contribution is 5.89. The second kappa shape index (κ2) is 6.99. The summed E-state index contributed by atoms with van der Waals surface area (Å²) in [7, 11) is 0. The van der Waals surface area contributed by atoms with Crippen LogP contribution in [0.3, 0.4) is 0 Å². The number of ether oxygens (including phenoxy) is 6. The molecule has 2 atom stereocenters. The van der Waals surface area contributed by atoms with Gasteiger partial charge in [-0.25, -0.2) is 9.59 Å². The highest BCUT2D eigenvalue weighted by atomic mass is 16.8. The van der Waals surface area contributed by atoms with Crippen molar-refractivity contribution in [2.45, 2.75) is 12.2 Å². The number of carbonyl (C=O) groups is 2. The standard InChI is InChI=1S/C18H16O8/c19-17-23-9-13(25-17)7-21-12-4-5-15-11(6-12)2-1-3-16(15)22-8-14-10-24-18(20)26-14/h1-6,13-14H,7-10H2. The van der Waals surface area contributed by atoms with E-state index in [0.29, 0.717) is 11.5 Å². The molecule has 4 rings (SSSR count). The molecule has 0 saturated carbocycles. The lowest BCUT2D eigenvalue weighted by molar-refractivity contribution is 0.0980. The lowest BCUT2D eigenvalue weighted by Crippen LogP contribution is -2.20. The van der Waals surface area contributed by atoms with Crippen LogP contribution < -0.4 is 9.47 Å². The Hall–Kier alpha value is -3.16. The Morgan fingerprint density at radius 3 is 2.23 bits per heavy atom. The molecule has 2 saturated heterocycles. The summed E-state index contributed by atoms with van der Waals surface area (Å²) in [5, 5.41) is 1.83. The van der Waals surface area contributed by atoms with Crippen LogP contribution in [0, 0.1) is 0 Å². The molecule has 136 valence electrons. The summed E-state index contributed by atoms with van der Waals surface area (Å²) in [6.07, 6.45) is -2.14. The van der Waals surface area contributed by atoms with Crippen LogP contribution in [-0.2, 0) is 18.9 Å². The van der Waals surface area contributed by atoms with E-state index in [2.05, 4.69) is 0 Å². The molecule has 2 aromatic carbocycles. The molecule has 2 fully saturated rings. The molecule has 0 aliphatic carbocycles. The van der Waals surface area contributed by atoms with E-state index in [0.717, 1.165) is 10.8 Å². The van der Waals surface area contributed by atoms with Gasteiger partial charge < -0.3 is 28.4 Å². The second-order valence-corrected chi connectivity index (χ2v) is 5.86. The molecule has 0 radical (unpaired) electrons. The fraction of sp³-hybridized carbons (Fsp3) is 0.333. The van der Waals surface area contributed by atoms with Gasteiger partial charge in [-0.2, -0.15) is 0 Å². The van der Waals surface area contributed by atoms with Gasteiger partial charge in [-0.3, -0.25) is 0 Å². The maximum Gasteiger partial charge on any atom is 0.508 e. The summed E-state index contributed by atoms with van der Waals surface area (Å²) in [5.74, 6) is 1.32. The SMILES string of the molecule is O=C1OCC(COc2ccc3c(OCC4COC(=O)O4)cccc3c2)O1. The van der Waals surface area contributed by atoms with Gasteiger partial charge in [0.05, 0.1) is 0 Å². The van der Waals surface area contributed by atoms with E-state index < -0.39 is 24.5 Å². The van der Waals surface area contributed by atoms with Gasteiger partial charge >= 0.3 is 12.3 Å². The fourth-order valence-electron chi connectivity index (χ4n) is 2.71. The van der Waals surface area contributed by atoms with E-state index in [4.69, 9.17) is 28.4 Å². The Bertz CT molecular complexity index is 833. The topological polar surface area (TPSA) is 89.5 Å². The van der Waals surface area contributed by atoms with Crippen molar-refractivity contribution in [3.05, 3.63) is 36.4 Å². The Balaban J connectivity index is 1.41. The monoisotopic (exact) mass is 360 g/mol. The largest absolute Gasteiger partial charge is 0.508 e. The van der Waals surface area contributed by atoms with E-state index in [-0.39, 0.29) is 26.4 Å². The zero-order valence-electron chi connectivity index (χ0n) is 13.7. The molecule has 26 heavy (non-hydrogen) atoms. The van der Waals surface area contributed by atoms with E-state index in [9.17, 15) is 9.59 Å². The van der Waals surface area contributed by atoms with Crippen LogP contribution in [-0.4, -0.2) is 50.9 Å². The third-order valence-corrected chi connectivity index (χ3v) is 3.97. The first-order chi connectivity index (χ1) is 12.7. The normalized spacial score (nSPS) is 21.7. The zero-order chi connectivity index (χ0) is 17.9. The highest BCUT2D eigenvalue weighted by Crippen LogP contribution is 2.29. The molecule has 2 unspecified atom stereocenters. The van der Waals surface area contributed by atoms with Gasteiger partial charge in [0.2, 0.25) is 0 Å². The molecule has 0 amide bonds. The number of cyclic esters (lactones) is 4. The molecule has 2 aliphatic heterocycles. The molecule has 0 aromatic heterocycles. The zero-order valence-corrected chi connectivity index (χ0v) is 13.7. The van der Waals surface area contributed by atoms with Crippen LogP contribution in [0.5, 0.6) is 11.5 Å². The number of carbonyl (C=O) groups excluding carboxylic acids is 2. The van der Waals surface area contributed by atoms with Crippen molar-refractivity contribution in [1.82, 2.24) is 0 Å². The van der Waals surface area contributed by atoms with Crippen LogP contribution in [0.4, 0.5) is 9.59 Å². The van der Waals surface area contributed by atoms with Crippen LogP contribution >= 0.6 is 0 Å². The minimum absolute atomic E-state index is 0.192.